The molecule has 0 aromatic heterocycles. The molecule has 190 valence electrons. The third kappa shape index (κ3) is 5.12. The molecule has 0 fully saturated rings. The fourth-order valence-electron chi connectivity index (χ4n) is 4.39. The molecule has 0 saturated carbocycles. The number of carbonyl (C=O) groups excluding carboxylic acids is 1. The predicted molar refractivity (Wildman–Crippen MR) is 135 cm³/mol. The highest BCUT2D eigenvalue weighted by atomic mass is 16.5. The molecule has 1 heterocycles. The summed E-state index contributed by atoms with van der Waals surface area (Å²) in [5.41, 5.74) is 2.52. The van der Waals surface area contributed by atoms with Crippen LogP contribution in [-0.2, 0) is 6.42 Å². The third-order valence-electron chi connectivity index (χ3n) is 6.33. The Kier molecular flexibility index (Phi) is 7.73. The molecule has 1 amide bonds. The van der Waals surface area contributed by atoms with Crippen molar-refractivity contribution in [3.05, 3.63) is 71.3 Å². The van der Waals surface area contributed by atoms with Crippen LogP contribution in [0.25, 0.3) is 0 Å². The Morgan fingerprint density at radius 3 is 1.92 bits per heavy atom. The molecule has 3 aromatic carbocycles. The van der Waals surface area contributed by atoms with Gasteiger partial charge < -0.3 is 33.3 Å². The number of amides is 1. The zero-order valence-electron chi connectivity index (χ0n) is 21.2. The molecule has 0 spiro atoms. The average molecular weight is 494 g/mol. The van der Waals surface area contributed by atoms with Gasteiger partial charge in [0.1, 0.15) is 29.6 Å². The molecule has 1 aliphatic heterocycles. The lowest BCUT2D eigenvalue weighted by molar-refractivity contribution is 0.0588. The Morgan fingerprint density at radius 2 is 1.33 bits per heavy atom. The van der Waals surface area contributed by atoms with Gasteiger partial charge in [-0.15, -0.1) is 0 Å². The first-order valence-corrected chi connectivity index (χ1v) is 11.6. The Balaban J connectivity index is 1.71. The van der Waals surface area contributed by atoms with E-state index in [1.807, 2.05) is 41.3 Å². The molecule has 0 aliphatic carbocycles. The average Bonchev–Trinajstić information content (AvgIpc) is 2.94. The van der Waals surface area contributed by atoms with E-state index in [1.165, 1.54) is 0 Å². The van der Waals surface area contributed by atoms with Crippen molar-refractivity contribution in [2.75, 3.05) is 48.7 Å². The zero-order valence-corrected chi connectivity index (χ0v) is 21.2. The van der Waals surface area contributed by atoms with E-state index in [0.29, 0.717) is 47.3 Å². The molecular formula is C28H31NO7. The van der Waals surface area contributed by atoms with Crippen molar-refractivity contribution < 1.29 is 33.2 Å². The number of fused-ring (bicyclic) bond motifs is 1. The van der Waals surface area contributed by atoms with Crippen LogP contribution in [0.4, 0.5) is 0 Å². The third-order valence-corrected chi connectivity index (χ3v) is 6.33. The number of carbonyl (C=O) groups is 1. The van der Waals surface area contributed by atoms with Gasteiger partial charge in [-0.2, -0.15) is 0 Å². The van der Waals surface area contributed by atoms with Crippen LogP contribution in [0.15, 0.2) is 54.6 Å². The van der Waals surface area contributed by atoms with Crippen molar-refractivity contribution in [2.24, 2.45) is 0 Å². The second-order valence-electron chi connectivity index (χ2n) is 8.26. The minimum Gasteiger partial charge on any atom is -0.497 e. The highest BCUT2D eigenvalue weighted by molar-refractivity contribution is 5.95. The largest absolute Gasteiger partial charge is 0.497 e. The summed E-state index contributed by atoms with van der Waals surface area (Å²) in [6.45, 7) is 0.763. The molecule has 0 N–H and O–H groups in total. The summed E-state index contributed by atoms with van der Waals surface area (Å²) in [7, 11) is 7.95. The first-order chi connectivity index (χ1) is 17.5. The fourth-order valence-corrected chi connectivity index (χ4v) is 4.39. The molecule has 36 heavy (non-hydrogen) atoms. The van der Waals surface area contributed by atoms with Gasteiger partial charge in [0.15, 0.2) is 11.5 Å². The lowest BCUT2D eigenvalue weighted by atomic mass is 9.91. The van der Waals surface area contributed by atoms with Crippen molar-refractivity contribution in [1.82, 2.24) is 4.90 Å². The van der Waals surface area contributed by atoms with Gasteiger partial charge in [-0.25, -0.2) is 0 Å². The van der Waals surface area contributed by atoms with Gasteiger partial charge in [0, 0.05) is 18.2 Å². The van der Waals surface area contributed by atoms with Crippen LogP contribution in [-0.4, -0.2) is 59.5 Å². The number of methoxy groups -OCH3 is 5. The maximum atomic E-state index is 13.8. The van der Waals surface area contributed by atoms with Crippen molar-refractivity contribution in [1.29, 1.82) is 0 Å². The first kappa shape index (κ1) is 25.0. The van der Waals surface area contributed by atoms with Crippen LogP contribution in [0, 0.1) is 0 Å². The van der Waals surface area contributed by atoms with E-state index in [9.17, 15) is 4.79 Å². The minimum atomic E-state index is -0.361. The number of rotatable bonds is 9. The summed E-state index contributed by atoms with van der Waals surface area (Å²) < 4.78 is 33.2. The van der Waals surface area contributed by atoms with E-state index in [4.69, 9.17) is 28.4 Å². The smallest absolute Gasteiger partial charge is 0.254 e. The van der Waals surface area contributed by atoms with Gasteiger partial charge in [-0.1, -0.05) is 0 Å². The molecule has 8 heteroatoms. The Labute approximate surface area is 211 Å². The maximum Gasteiger partial charge on any atom is 0.254 e. The van der Waals surface area contributed by atoms with Crippen molar-refractivity contribution in [2.45, 2.75) is 12.5 Å². The summed E-state index contributed by atoms with van der Waals surface area (Å²) in [6, 6.07) is 16.1. The summed E-state index contributed by atoms with van der Waals surface area (Å²) in [5.74, 6) is 3.63. The number of hydrogen-bond acceptors (Lipinski definition) is 7. The molecule has 0 saturated heterocycles. The lowest BCUT2D eigenvalue weighted by Crippen LogP contribution is -2.42. The van der Waals surface area contributed by atoms with Gasteiger partial charge in [0.2, 0.25) is 0 Å². The van der Waals surface area contributed by atoms with Crippen LogP contribution in [0.3, 0.4) is 0 Å². The van der Waals surface area contributed by atoms with Crippen molar-refractivity contribution >= 4 is 5.91 Å². The number of benzene rings is 3. The molecule has 8 nitrogen and oxygen atoms in total. The van der Waals surface area contributed by atoms with Crippen LogP contribution >= 0.6 is 0 Å². The van der Waals surface area contributed by atoms with E-state index < -0.39 is 0 Å². The molecule has 0 radical (unpaired) electrons. The minimum absolute atomic E-state index is 0.143. The second kappa shape index (κ2) is 11.1. The summed E-state index contributed by atoms with van der Waals surface area (Å²) in [4.78, 5) is 15.6. The number of ether oxygens (including phenoxy) is 6. The monoisotopic (exact) mass is 493 g/mol. The SMILES string of the molecule is COc1ccc(OCC2c3cc(OC)c(OC)cc3CCN2C(=O)c2cc(OC)cc(OC)c2)cc1. The fraction of sp³-hybridized carbons (Fsp3) is 0.321. The quantitative estimate of drug-likeness (QED) is 0.433. The second-order valence-corrected chi connectivity index (χ2v) is 8.26. The van der Waals surface area contributed by atoms with E-state index in [2.05, 4.69) is 0 Å². The zero-order chi connectivity index (χ0) is 25.7. The Bertz CT molecular complexity index is 1190. The van der Waals surface area contributed by atoms with Gasteiger partial charge in [0.05, 0.1) is 41.6 Å². The maximum absolute atomic E-state index is 13.8. The number of hydrogen-bond donors (Lipinski definition) is 0. The summed E-state index contributed by atoms with van der Waals surface area (Å²) >= 11 is 0. The van der Waals surface area contributed by atoms with Gasteiger partial charge in [-0.05, 0) is 66.1 Å². The van der Waals surface area contributed by atoms with Crippen molar-refractivity contribution in [3.8, 4) is 34.5 Å². The summed E-state index contributed by atoms with van der Waals surface area (Å²) in [6.07, 6.45) is 0.668. The van der Waals surface area contributed by atoms with Crippen LogP contribution < -0.4 is 28.4 Å². The molecule has 1 unspecified atom stereocenters. The lowest BCUT2D eigenvalue weighted by Gasteiger charge is -2.37. The predicted octanol–water partition coefficient (Wildman–Crippen LogP) is 4.55. The van der Waals surface area contributed by atoms with E-state index in [0.717, 1.165) is 16.9 Å². The molecule has 4 rings (SSSR count). The first-order valence-electron chi connectivity index (χ1n) is 11.6. The number of nitrogens with zero attached hydrogens (tertiary/aromatic N) is 1. The molecule has 3 aromatic rings. The highest BCUT2D eigenvalue weighted by Crippen LogP contribution is 2.39. The van der Waals surface area contributed by atoms with E-state index in [1.54, 1.807) is 53.7 Å². The highest BCUT2D eigenvalue weighted by Gasteiger charge is 2.33. The molecule has 1 atom stereocenters. The topological polar surface area (TPSA) is 75.7 Å². The standard InChI is InChI=1S/C28H31NO7/c1-31-20-6-8-21(9-7-20)36-17-25-24-16-27(35-5)26(34-4)14-18(24)10-11-29(25)28(30)19-12-22(32-2)15-23(13-19)33-3/h6-9,12-16,25H,10-11,17H2,1-5H3. The molecule has 0 bridgehead atoms. The summed E-state index contributed by atoms with van der Waals surface area (Å²) in [5, 5.41) is 0. The van der Waals surface area contributed by atoms with Gasteiger partial charge >= 0.3 is 0 Å². The molecule has 1 aliphatic rings. The van der Waals surface area contributed by atoms with Crippen molar-refractivity contribution in [3.63, 3.8) is 0 Å². The van der Waals surface area contributed by atoms with E-state index >= 15 is 0 Å². The normalized spacial score (nSPS) is 14.5. The van der Waals surface area contributed by atoms with Gasteiger partial charge in [0.25, 0.3) is 5.91 Å². The van der Waals surface area contributed by atoms with Crippen LogP contribution in [0.5, 0.6) is 34.5 Å². The molecular weight excluding hydrogens is 462 g/mol. The van der Waals surface area contributed by atoms with Crippen LogP contribution in [0.2, 0.25) is 0 Å². The van der Waals surface area contributed by atoms with Crippen LogP contribution in [0.1, 0.15) is 27.5 Å². The van der Waals surface area contributed by atoms with Gasteiger partial charge in [-0.3, -0.25) is 4.79 Å². The Morgan fingerprint density at radius 1 is 0.750 bits per heavy atom. The van der Waals surface area contributed by atoms with E-state index in [-0.39, 0.29) is 18.6 Å². The Hall–Kier alpha value is -4.07.